The second kappa shape index (κ2) is 5.21. The zero-order valence-electron chi connectivity index (χ0n) is 8.65. The minimum absolute atomic E-state index is 0.299. The zero-order chi connectivity index (χ0) is 13.0. The van der Waals surface area contributed by atoms with Crippen LogP contribution in [0.15, 0.2) is 23.1 Å². The van der Waals surface area contributed by atoms with E-state index in [9.17, 15) is 24.8 Å². The first-order valence-electron chi connectivity index (χ1n) is 4.65. The van der Waals surface area contributed by atoms with Gasteiger partial charge in [-0.1, -0.05) is 0 Å². The van der Waals surface area contributed by atoms with Gasteiger partial charge in [0.1, 0.15) is 0 Å². The fraction of sp³-hybridized carbons (Fsp3) is 0.333. The summed E-state index contributed by atoms with van der Waals surface area (Å²) in [5.74, 6) is -1.21. The zero-order valence-corrected chi connectivity index (χ0v) is 8.65. The highest BCUT2D eigenvalue weighted by Crippen LogP contribution is 2.07. The highest BCUT2D eigenvalue weighted by Gasteiger charge is 2.13. The van der Waals surface area contributed by atoms with Crippen molar-refractivity contribution in [1.29, 1.82) is 0 Å². The molecule has 0 aliphatic heterocycles. The molecule has 1 rings (SSSR count). The highest BCUT2D eigenvalue weighted by molar-refractivity contribution is 5.67. The molecule has 2 N–H and O–H groups in total. The van der Waals surface area contributed by atoms with Crippen LogP contribution in [0.4, 0.5) is 5.69 Å². The Balaban J connectivity index is 2.90. The molecule has 92 valence electrons. The number of pyridine rings is 1. The Labute approximate surface area is 94.9 Å². The number of rotatable bonds is 5. The Kier molecular flexibility index (Phi) is 3.94. The van der Waals surface area contributed by atoms with Crippen molar-refractivity contribution in [1.82, 2.24) is 4.57 Å². The molecule has 0 saturated heterocycles. The fourth-order valence-electron chi connectivity index (χ4n) is 1.26. The number of nitrogens with zero attached hydrogens (tertiary/aromatic N) is 2. The van der Waals surface area contributed by atoms with Crippen LogP contribution in [-0.4, -0.2) is 31.8 Å². The lowest BCUT2D eigenvalue weighted by molar-refractivity contribution is -0.385. The van der Waals surface area contributed by atoms with Crippen molar-refractivity contribution in [2.45, 2.75) is 19.1 Å². The average Bonchev–Trinajstić information content (AvgIpc) is 2.19. The standard InChI is InChI=1S/C9H10N2O6/c12-7(3-9(14)15)5-10-4-6(11(16)17)1-2-8(10)13/h1-2,4,7,12H,3,5H2,(H,14,15). The summed E-state index contributed by atoms with van der Waals surface area (Å²) in [5, 5.41) is 28.2. The topological polar surface area (TPSA) is 123 Å². The third-order valence-corrected chi connectivity index (χ3v) is 2.00. The summed E-state index contributed by atoms with van der Waals surface area (Å²) in [6.07, 6.45) is -0.838. The van der Waals surface area contributed by atoms with Crippen LogP contribution in [0.2, 0.25) is 0 Å². The normalized spacial score (nSPS) is 12.1. The summed E-state index contributed by atoms with van der Waals surface area (Å²) in [6, 6.07) is 2.04. The predicted molar refractivity (Wildman–Crippen MR) is 55.6 cm³/mol. The third-order valence-electron chi connectivity index (χ3n) is 2.00. The molecule has 0 aliphatic rings. The van der Waals surface area contributed by atoms with E-state index < -0.39 is 29.0 Å². The lowest BCUT2D eigenvalue weighted by atomic mass is 10.2. The first-order valence-corrected chi connectivity index (χ1v) is 4.65. The molecule has 0 spiro atoms. The number of aliphatic carboxylic acids is 1. The van der Waals surface area contributed by atoms with Crippen LogP contribution in [0.3, 0.4) is 0 Å². The molecule has 0 aliphatic carbocycles. The molecule has 0 aromatic carbocycles. The van der Waals surface area contributed by atoms with Crippen LogP contribution in [0.25, 0.3) is 0 Å². The molecule has 8 nitrogen and oxygen atoms in total. The number of aromatic nitrogens is 1. The van der Waals surface area contributed by atoms with E-state index in [4.69, 9.17) is 5.11 Å². The summed E-state index contributed by atoms with van der Waals surface area (Å²) >= 11 is 0. The van der Waals surface area contributed by atoms with E-state index in [1.165, 1.54) is 0 Å². The Bertz CT molecular complexity index is 495. The first-order chi connectivity index (χ1) is 7.90. The summed E-state index contributed by atoms with van der Waals surface area (Å²) in [5.41, 5.74) is -0.841. The summed E-state index contributed by atoms with van der Waals surface area (Å²) < 4.78 is 0.908. The number of aliphatic hydroxyl groups excluding tert-OH is 1. The predicted octanol–water partition coefficient (Wildman–Crippen LogP) is -0.408. The van der Waals surface area contributed by atoms with Crippen LogP contribution in [0, 0.1) is 10.1 Å². The quantitative estimate of drug-likeness (QED) is 0.534. The Morgan fingerprint density at radius 3 is 2.71 bits per heavy atom. The summed E-state index contributed by atoms with van der Waals surface area (Å²) in [6.45, 7) is -0.299. The van der Waals surface area contributed by atoms with Gasteiger partial charge >= 0.3 is 5.97 Å². The van der Waals surface area contributed by atoms with Gasteiger partial charge in [0.15, 0.2) is 0 Å². The third kappa shape index (κ3) is 3.68. The maximum absolute atomic E-state index is 11.3. The van der Waals surface area contributed by atoms with Crippen LogP contribution in [0.1, 0.15) is 6.42 Å². The van der Waals surface area contributed by atoms with Gasteiger partial charge in [-0.05, 0) is 0 Å². The number of nitro groups is 1. The number of hydrogen-bond acceptors (Lipinski definition) is 5. The van der Waals surface area contributed by atoms with Gasteiger partial charge in [-0.25, -0.2) is 0 Å². The smallest absolute Gasteiger partial charge is 0.306 e. The lowest BCUT2D eigenvalue weighted by Gasteiger charge is -2.09. The minimum atomic E-state index is -1.27. The molecular weight excluding hydrogens is 232 g/mol. The molecule has 1 atom stereocenters. The SMILES string of the molecule is O=C(O)CC(O)Cn1cc([N+](=O)[O-])ccc1=O. The molecule has 17 heavy (non-hydrogen) atoms. The number of carboxylic acids is 1. The maximum Gasteiger partial charge on any atom is 0.306 e. The van der Waals surface area contributed by atoms with E-state index in [2.05, 4.69) is 0 Å². The molecule has 1 aromatic rings. The van der Waals surface area contributed by atoms with Crippen LogP contribution in [0.5, 0.6) is 0 Å². The minimum Gasteiger partial charge on any atom is -0.481 e. The van der Waals surface area contributed by atoms with E-state index >= 15 is 0 Å². The number of aliphatic hydroxyl groups is 1. The van der Waals surface area contributed by atoms with Gasteiger partial charge in [0.25, 0.3) is 11.2 Å². The maximum atomic E-state index is 11.3. The van der Waals surface area contributed by atoms with Gasteiger partial charge in [-0.3, -0.25) is 19.7 Å². The molecule has 1 aromatic heterocycles. The number of carboxylic acid groups (broad SMARTS) is 1. The Hall–Kier alpha value is -2.22. The monoisotopic (exact) mass is 242 g/mol. The molecule has 1 heterocycles. The van der Waals surface area contributed by atoms with Crippen molar-refractivity contribution in [3.05, 3.63) is 38.8 Å². The molecular formula is C9H10N2O6. The van der Waals surface area contributed by atoms with E-state index in [1.807, 2.05) is 0 Å². The van der Waals surface area contributed by atoms with Gasteiger partial charge < -0.3 is 14.8 Å². The highest BCUT2D eigenvalue weighted by atomic mass is 16.6. The lowest BCUT2D eigenvalue weighted by Crippen LogP contribution is -2.27. The Morgan fingerprint density at radius 2 is 2.18 bits per heavy atom. The molecule has 0 fully saturated rings. The van der Waals surface area contributed by atoms with E-state index in [0.29, 0.717) is 0 Å². The Morgan fingerprint density at radius 1 is 1.53 bits per heavy atom. The molecule has 0 saturated carbocycles. The molecule has 8 heteroatoms. The van der Waals surface area contributed by atoms with Gasteiger partial charge in [0, 0.05) is 12.1 Å². The van der Waals surface area contributed by atoms with Crippen molar-refractivity contribution >= 4 is 11.7 Å². The first kappa shape index (κ1) is 12.8. The van der Waals surface area contributed by atoms with Crippen molar-refractivity contribution in [2.75, 3.05) is 0 Å². The molecule has 0 bridgehead atoms. The van der Waals surface area contributed by atoms with Gasteiger partial charge in [-0.15, -0.1) is 0 Å². The van der Waals surface area contributed by atoms with Crippen molar-refractivity contribution in [2.24, 2.45) is 0 Å². The van der Waals surface area contributed by atoms with Crippen LogP contribution in [-0.2, 0) is 11.3 Å². The van der Waals surface area contributed by atoms with Crippen LogP contribution < -0.4 is 5.56 Å². The second-order valence-electron chi connectivity index (χ2n) is 3.39. The summed E-state index contributed by atoms with van der Waals surface area (Å²) in [4.78, 5) is 31.4. The van der Waals surface area contributed by atoms with Gasteiger partial charge in [-0.2, -0.15) is 0 Å². The van der Waals surface area contributed by atoms with Crippen LogP contribution >= 0.6 is 0 Å². The number of hydrogen-bond donors (Lipinski definition) is 2. The molecule has 1 unspecified atom stereocenters. The van der Waals surface area contributed by atoms with E-state index in [0.717, 1.165) is 22.9 Å². The van der Waals surface area contributed by atoms with E-state index in [-0.39, 0.29) is 12.2 Å². The second-order valence-corrected chi connectivity index (χ2v) is 3.39. The fourth-order valence-corrected chi connectivity index (χ4v) is 1.26. The van der Waals surface area contributed by atoms with Gasteiger partial charge in [0.2, 0.25) is 0 Å². The summed E-state index contributed by atoms with van der Waals surface area (Å²) in [7, 11) is 0. The van der Waals surface area contributed by atoms with Gasteiger partial charge in [0.05, 0.1) is 30.2 Å². The van der Waals surface area contributed by atoms with Crippen molar-refractivity contribution < 1.29 is 19.9 Å². The van der Waals surface area contributed by atoms with E-state index in [1.54, 1.807) is 0 Å². The largest absolute Gasteiger partial charge is 0.481 e. The average molecular weight is 242 g/mol. The van der Waals surface area contributed by atoms with Crippen molar-refractivity contribution in [3.63, 3.8) is 0 Å². The molecule has 0 radical (unpaired) electrons. The van der Waals surface area contributed by atoms with Crippen molar-refractivity contribution in [3.8, 4) is 0 Å². The molecule has 0 amide bonds. The number of carbonyl (C=O) groups is 1.